The van der Waals surface area contributed by atoms with E-state index in [0.717, 1.165) is 30.6 Å². The predicted octanol–water partition coefficient (Wildman–Crippen LogP) is 4.57. The van der Waals surface area contributed by atoms with Crippen molar-refractivity contribution in [3.8, 4) is 11.3 Å². The van der Waals surface area contributed by atoms with Gasteiger partial charge >= 0.3 is 0 Å². The Labute approximate surface area is 170 Å². The van der Waals surface area contributed by atoms with Crippen LogP contribution in [0, 0.1) is 5.92 Å². The third kappa shape index (κ3) is 4.84. The Morgan fingerprint density at radius 1 is 1.00 bits per heavy atom. The summed E-state index contributed by atoms with van der Waals surface area (Å²) in [5.41, 5.74) is 5.19. The molecule has 0 spiro atoms. The molecule has 1 saturated heterocycles. The number of piperidine rings is 1. The summed E-state index contributed by atoms with van der Waals surface area (Å²) in [6, 6.07) is 9.25. The second-order valence-corrected chi connectivity index (χ2v) is 9.03. The Bertz CT molecular complexity index is 742. The third-order valence-electron chi connectivity index (χ3n) is 6.64. The van der Waals surface area contributed by atoms with Crippen molar-refractivity contribution < 1.29 is 0 Å². The van der Waals surface area contributed by atoms with Gasteiger partial charge in [-0.2, -0.15) is 5.10 Å². The number of benzene rings is 1. The van der Waals surface area contributed by atoms with E-state index in [0.29, 0.717) is 0 Å². The Kier molecular flexibility index (Phi) is 6.48. The number of likely N-dealkylation sites (tertiary alicyclic amines) is 1. The topological polar surface area (TPSA) is 33.1 Å². The van der Waals surface area contributed by atoms with E-state index in [1.807, 2.05) is 11.7 Å². The van der Waals surface area contributed by atoms with Crippen molar-refractivity contribution in [2.24, 2.45) is 13.0 Å². The molecule has 1 aliphatic heterocycles. The molecular weight excluding hydrogens is 344 g/mol. The lowest BCUT2D eigenvalue weighted by Gasteiger charge is -2.29. The van der Waals surface area contributed by atoms with E-state index in [4.69, 9.17) is 5.10 Å². The van der Waals surface area contributed by atoms with E-state index >= 15 is 0 Å². The zero-order valence-corrected chi connectivity index (χ0v) is 17.7. The van der Waals surface area contributed by atoms with Crippen molar-refractivity contribution in [2.45, 2.75) is 57.4 Å². The first-order chi connectivity index (χ1) is 13.7. The number of hydrogen-bond acceptors (Lipinski definition) is 3. The number of aromatic nitrogens is 2. The van der Waals surface area contributed by atoms with Gasteiger partial charge in [0.25, 0.3) is 0 Å². The zero-order valence-electron chi connectivity index (χ0n) is 17.7. The van der Waals surface area contributed by atoms with Crippen LogP contribution in [0.1, 0.15) is 62.0 Å². The van der Waals surface area contributed by atoms with Gasteiger partial charge < -0.3 is 10.2 Å². The fourth-order valence-corrected chi connectivity index (χ4v) is 5.11. The largest absolute Gasteiger partial charge is 0.312 e. The van der Waals surface area contributed by atoms with Crippen LogP contribution in [0.2, 0.25) is 0 Å². The van der Waals surface area contributed by atoms with Gasteiger partial charge in [-0.15, -0.1) is 0 Å². The van der Waals surface area contributed by atoms with Crippen molar-refractivity contribution in [3.05, 3.63) is 41.6 Å². The van der Waals surface area contributed by atoms with Crippen LogP contribution in [0.5, 0.6) is 0 Å². The van der Waals surface area contributed by atoms with Crippen LogP contribution in [0.3, 0.4) is 0 Å². The van der Waals surface area contributed by atoms with Crippen LogP contribution in [-0.2, 0) is 13.6 Å². The molecule has 0 radical (unpaired) electrons. The molecule has 1 atom stereocenters. The van der Waals surface area contributed by atoms with Gasteiger partial charge in [-0.05, 0) is 63.2 Å². The Hall–Kier alpha value is -1.65. The van der Waals surface area contributed by atoms with Gasteiger partial charge in [-0.3, -0.25) is 4.68 Å². The summed E-state index contributed by atoms with van der Waals surface area (Å²) in [4.78, 5) is 2.46. The lowest BCUT2D eigenvalue weighted by atomic mass is 9.84. The van der Waals surface area contributed by atoms with E-state index in [-0.39, 0.29) is 0 Å². The maximum Gasteiger partial charge on any atom is 0.0967 e. The molecular formula is C24H36N4. The lowest BCUT2D eigenvalue weighted by Crippen LogP contribution is -2.37. The molecule has 28 heavy (non-hydrogen) atoms. The first-order valence-corrected chi connectivity index (χ1v) is 11.2. The molecule has 2 fully saturated rings. The molecule has 1 N–H and O–H groups in total. The molecule has 4 nitrogen and oxygen atoms in total. The summed E-state index contributed by atoms with van der Waals surface area (Å²) in [6.45, 7) is 4.46. The summed E-state index contributed by atoms with van der Waals surface area (Å²) >= 11 is 0. The summed E-state index contributed by atoms with van der Waals surface area (Å²) in [7, 11) is 4.27. The molecule has 1 saturated carbocycles. The van der Waals surface area contributed by atoms with Gasteiger partial charge in [0.05, 0.1) is 5.69 Å². The Morgan fingerprint density at radius 2 is 1.79 bits per heavy atom. The van der Waals surface area contributed by atoms with Crippen LogP contribution < -0.4 is 5.32 Å². The standard InChI is InChI=1S/C24H36N4/c1-27-14-6-7-19(17-27)15-25-16-23-18-28(2)26-24(23)22-12-10-21(11-13-22)20-8-4-3-5-9-20/h10-13,18-20,25H,3-9,14-17H2,1-2H3/t19-/m1/s1. The quantitative estimate of drug-likeness (QED) is 0.797. The van der Waals surface area contributed by atoms with E-state index in [1.54, 1.807) is 0 Å². The Balaban J connectivity index is 1.39. The molecule has 1 aromatic carbocycles. The monoisotopic (exact) mass is 380 g/mol. The van der Waals surface area contributed by atoms with E-state index in [1.165, 1.54) is 74.7 Å². The molecule has 4 heteroatoms. The second-order valence-electron chi connectivity index (χ2n) is 9.03. The minimum Gasteiger partial charge on any atom is -0.312 e. The highest BCUT2D eigenvalue weighted by Gasteiger charge is 2.18. The van der Waals surface area contributed by atoms with Gasteiger partial charge in [-0.25, -0.2) is 0 Å². The highest BCUT2D eigenvalue weighted by Crippen LogP contribution is 2.33. The van der Waals surface area contributed by atoms with Gasteiger partial charge in [0.2, 0.25) is 0 Å². The summed E-state index contributed by atoms with van der Waals surface area (Å²) in [5.74, 6) is 1.54. The Morgan fingerprint density at radius 3 is 2.54 bits per heavy atom. The fourth-order valence-electron chi connectivity index (χ4n) is 5.11. The van der Waals surface area contributed by atoms with Crippen LogP contribution >= 0.6 is 0 Å². The fraction of sp³-hybridized carbons (Fsp3) is 0.625. The predicted molar refractivity (Wildman–Crippen MR) is 116 cm³/mol. The van der Waals surface area contributed by atoms with Crippen LogP contribution in [-0.4, -0.2) is 41.4 Å². The van der Waals surface area contributed by atoms with Crippen molar-refractivity contribution >= 4 is 0 Å². The maximum atomic E-state index is 4.77. The van der Waals surface area contributed by atoms with Gasteiger partial charge in [-0.1, -0.05) is 43.5 Å². The van der Waals surface area contributed by atoms with Crippen LogP contribution in [0.4, 0.5) is 0 Å². The molecule has 0 amide bonds. The molecule has 4 rings (SSSR count). The molecule has 0 bridgehead atoms. The first-order valence-electron chi connectivity index (χ1n) is 11.2. The van der Waals surface area contributed by atoms with E-state index < -0.39 is 0 Å². The van der Waals surface area contributed by atoms with Crippen LogP contribution in [0.25, 0.3) is 11.3 Å². The zero-order chi connectivity index (χ0) is 19.3. The number of aryl methyl sites for hydroxylation is 1. The van der Waals surface area contributed by atoms with Gasteiger partial charge in [0.15, 0.2) is 0 Å². The number of nitrogens with one attached hydrogen (secondary N) is 1. The van der Waals surface area contributed by atoms with E-state index in [2.05, 4.69) is 47.7 Å². The molecule has 1 aromatic heterocycles. The smallest absolute Gasteiger partial charge is 0.0967 e. The molecule has 2 heterocycles. The molecule has 152 valence electrons. The average Bonchev–Trinajstić information content (AvgIpc) is 3.09. The van der Waals surface area contributed by atoms with E-state index in [9.17, 15) is 0 Å². The second kappa shape index (κ2) is 9.23. The molecule has 2 aromatic rings. The molecule has 0 unspecified atom stereocenters. The van der Waals surface area contributed by atoms with Crippen molar-refractivity contribution in [1.29, 1.82) is 0 Å². The highest BCUT2D eigenvalue weighted by molar-refractivity contribution is 5.63. The average molecular weight is 381 g/mol. The number of rotatable bonds is 6. The minimum atomic E-state index is 0.765. The molecule has 1 aliphatic carbocycles. The lowest BCUT2D eigenvalue weighted by molar-refractivity contribution is 0.206. The highest BCUT2D eigenvalue weighted by atomic mass is 15.3. The third-order valence-corrected chi connectivity index (χ3v) is 6.64. The number of nitrogens with zero attached hydrogens (tertiary/aromatic N) is 3. The minimum absolute atomic E-state index is 0.765. The van der Waals surface area contributed by atoms with Crippen LogP contribution in [0.15, 0.2) is 30.5 Å². The van der Waals surface area contributed by atoms with Crippen molar-refractivity contribution in [3.63, 3.8) is 0 Å². The summed E-state index contributed by atoms with van der Waals surface area (Å²) < 4.78 is 1.95. The number of hydrogen-bond donors (Lipinski definition) is 1. The summed E-state index contributed by atoms with van der Waals surface area (Å²) in [6.07, 6.45) is 11.7. The van der Waals surface area contributed by atoms with Gasteiger partial charge in [0, 0.05) is 37.5 Å². The SMILES string of the molecule is CN1CCC[C@H](CNCc2cn(C)nc2-c2ccc(C3CCCCC3)cc2)C1. The maximum absolute atomic E-state index is 4.77. The summed E-state index contributed by atoms with van der Waals surface area (Å²) in [5, 5.41) is 8.47. The normalized spacial score (nSPS) is 21.9. The van der Waals surface area contributed by atoms with Crippen molar-refractivity contribution in [2.75, 3.05) is 26.7 Å². The van der Waals surface area contributed by atoms with Crippen molar-refractivity contribution in [1.82, 2.24) is 20.0 Å². The van der Waals surface area contributed by atoms with Gasteiger partial charge in [0.1, 0.15) is 0 Å². The molecule has 2 aliphatic rings. The first kappa shape index (κ1) is 19.7.